The molecule has 3 rings (SSSR count). The molecule has 0 aliphatic carbocycles. The zero-order valence-corrected chi connectivity index (χ0v) is 18.7. The van der Waals surface area contributed by atoms with Gasteiger partial charge in [-0.1, -0.05) is 51.0 Å². The Kier molecular flexibility index (Phi) is 6.83. The van der Waals surface area contributed by atoms with Gasteiger partial charge in [0.15, 0.2) is 0 Å². The summed E-state index contributed by atoms with van der Waals surface area (Å²) in [6.07, 6.45) is 9.11. The van der Waals surface area contributed by atoms with Crippen LogP contribution in [0.3, 0.4) is 0 Å². The van der Waals surface area contributed by atoms with Crippen LogP contribution in [0.5, 0.6) is 0 Å². The number of nitrogens with two attached hydrogens (primary N) is 1. The van der Waals surface area contributed by atoms with E-state index in [0.717, 1.165) is 47.7 Å². The molecule has 0 fully saturated rings. The van der Waals surface area contributed by atoms with Crippen LogP contribution in [0.1, 0.15) is 70.0 Å². The van der Waals surface area contributed by atoms with Crippen LogP contribution in [0.4, 0.5) is 0 Å². The third kappa shape index (κ3) is 4.58. The van der Waals surface area contributed by atoms with E-state index in [1.54, 1.807) is 10.2 Å². The molecule has 0 saturated carbocycles. The van der Waals surface area contributed by atoms with Crippen molar-refractivity contribution in [1.29, 1.82) is 0 Å². The van der Waals surface area contributed by atoms with E-state index in [1.807, 2.05) is 6.92 Å². The van der Waals surface area contributed by atoms with Gasteiger partial charge in [-0.2, -0.15) is 0 Å². The average molecular weight is 393 g/mol. The number of aromatic amines is 1. The van der Waals surface area contributed by atoms with Gasteiger partial charge in [0, 0.05) is 17.3 Å². The zero-order chi connectivity index (χ0) is 21.0. The minimum Gasteiger partial charge on any atom is -0.353 e. The highest BCUT2D eigenvalue weighted by atomic mass is 15.3. The monoisotopic (exact) mass is 392 g/mol. The molecule has 4 nitrogen and oxygen atoms in total. The van der Waals surface area contributed by atoms with Gasteiger partial charge in [0.1, 0.15) is 11.5 Å². The molecule has 1 unspecified atom stereocenters. The van der Waals surface area contributed by atoms with Crippen LogP contribution in [-0.4, -0.2) is 14.6 Å². The SMILES string of the molecule is CC/C=C(\CCc1nc(C)c(-c2cc3ccc(C)cc3[nH]2)n1N)C(CC)CCC. The minimum atomic E-state index is 0.679. The predicted octanol–water partition coefficient (Wildman–Crippen LogP) is 6.46. The molecule has 0 aliphatic rings. The molecule has 1 aromatic carbocycles. The zero-order valence-electron chi connectivity index (χ0n) is 18.7. The van der Waals surface area contributed by atoms with Crippen LogP contribution in [0, 0.1) is 19.8 Å². The Balaban J connectivity index is 1.85. The number of rotatable bonds is 9. The van der Waals surface area contributed by atoms with Crippen molar-refractivity contribution in [3.05, 3.63) is 53.0 Å². The second kappa shape index (κ2) is 9.34. The molecule has 0 amide bonds. The van der Waals surface area contributed by atoms with E-state index in [0.29, 0.717) is 5.92 Å². The van der Waals surface area contributed by atoms with Crippen LogP contribution in [0.2, 0.25) is 0 Å². The Bertz CT molecular complexity index is 990. The van der Waals surface area contributed by atoms with Crippen LogP contribution < -0.4 is 5.84 Å². The molecule has 0 bridgehead atoms. The number of nitrogens with zero attached hydrogens (tertiary/aromatic N) is 2. The molecular formula is C25H36N4. The van der Waals surface area contributed by atoms with E-state index < -0.39 is 0 Å². The van der Waals surface area contributed by atoms with Crippen molar-refractivity contribution in [3.8, 4) is 11.4 Å². The first kappa shape index (κ1) is 21.2. The first-order valence-electron chi connectivity index (χ1n) is 11.1. The van der Waals surface area contributed by atoms with Crippen LogP contribution in [0.15, 0.2) is 35.9 Å². The van der Waals surface area contributed by atoms with Crippen molar-refractivity contribution >= 4 is 10.9 Å². The molecule has 4 heteroatoms. The normalized spacial score (nSPS) is 13.3. The van der Waals surface area contributed by atoms with Gasteiger partial charge in [0.25, 0.3) is 0 Å². The van der Waals surface area contributed by atoms with Gasteiger partial charge < -0.3 is 10.8 Å². The smallest absolute Gasteiger partial charge is 0.128 e. The van der Waals surface area contributed by atoms with Crippen molar-refractivity contribution in [2.75, 3.05) is 5.84 Å². The fourth-order valence-electron chi connectivity index (χ4n) is 4.46. The summed E-state index contributed by atoms with van der Waals surface area (Å²) in [6, 6.07) is 8.63. The Morgan fingerprint density at radius 2 is 2.00 bits per heavy atom. The summed E-state index contributed by atoms with van der Waals surface area (Å²) in [5.74, 6) is 8.17. The number of fused-ring (bicyclic) bond motifs is 1. The number of nitrogens with one attached hydrogen (secondary N) is 1. The molecule has 3 N–H and O–H groups in total. The van der Waals surface area contributed by atoms with Crippen LogP contribution in [-0.2, 0) is 6.42 Å². The van der Waals surface area contributed by atoms with Crippen molar-refractivity contribution in [1.82, 2.24) is 14.6 Å². The topological polar surface area (TPSA) is 59.6 Å². The number of benzene rings is 1. The number of allylic oxidation sites excluding steroid dienone is 2. The maximum atomic E-state index is 6.53. The van der Waals surface area contributed by atoms with E-state index >= 15 is 0 Å². The second-order valence-corrected chi connectivity index (χ2v) is 8.19. The lowest BCUT2D eigenvalue weighted by Crippen LogP contribution is -2.15. The second-order valence-electron chi connectivity index (χ2n) is 8.19. The summed E-state index contributed by atoms with van der Waals surface area (Å²) in [5, 5.41) is 1.20. The first-order valence-corrected chi connectivity index (χ1v) is 11.1. The number of hydrogen-bond acceptors (Lipinski definition) is 2. The lowest BCUT2D eigenvalue weighted by atomic mass is 9.88. The van der Waals surface area contributed by atoms with Crippen molar-refractivity contribution in [3.63, 3.8) is 0 Å². The van der Waals surface area contributed by atoms with E-state index in [1.165, 1.54) is 30.2 Å². The standard InChI is InChI=1S/C25H36N4/c1-6-9-19(8-3)20(10-7-2)13-14-24-27-18(5)25(29(24)26)23-16-21-12-11-17(4)15-22(21)28-23/h10-12,15-16,19,28H,6-9,13-14,26H2,1-5H3/b20-10+. The van der Waals surface area contributed by atoms with Gasteiger partial charge in [-0.25, -0.2) is 9.66 Å². The maximum absolute atomic E-state index is 6.53. The number of nitrogen functional groups attached to an aromatic ring is 1. The Hall–Kier alpha value is -2.49. The van der Waals surface area contributed by atoms with Crippen molar-refractivity contribution in [2.45, 2.75) is 73.1 Å². The molecule has 29 heavy (non-hydrogen) atoms. The summed E-state index contributed by atoms with van der Waals surface area (Å²) < 4.78 is 1.79. The average Bonchev–Trinajstić information content (AvgIpc) is 3.22. The highest BCUT2D eigenvalue weighted by Gasteiger charge is 2.18. The molecule has 1 atom stereocenters. The fraction of sp³-hybridized carbons (Fsp3) is 0.480. The molecule has 0 spiro atoms. The quantitative estimate of drug-likeness (QED) is 0.324. The van der Waals surface area contributed by atoms with E-state index in [4.69, 9.17) is 10.8 Å². The lowest BCUT2D eigenvalue weighted by Gasteiger charge is -2.18. The minimum absolute atomic E-state index is 0.679. The van der Waals surface area contributed by atoms with Crippen molar-refractivity contribution in [2.24, 2.45) is 5.92 Å². The number of H-pyrrole nitrogens is 1. The number of imidazole rings is 1. The van der Waals surface area contributed by atoms with Gasteiger partial charge in [-0.05, 0) is 63.1 Å². The summed E-state index contributed by atoms with van der Waals surface area (Å²) in [6.45, 7) is 11.0. The van der Waals surface area contributed by atoms with Gasteiger partial charge >= 0.3 is 0 Å². The molecule has 0 radical (unpaired) electrons. The largest absolute Gasteiger partial charge is 0.353 e. The number of aryl methyl sites for hydroxylation is 3. The summed E-state index contributed by atoms with van der Waals surface area (Å²) in [7, 11) is 0. The molecule has 3 aromatic rings. The number of hydrogen-bond donors (Lipinski definition) is 2. The Morgan fingerprint density at radius 3 is 2.69 bits per heavy atom. The van der Waals surface area contributed by atoms with E-state index in [2.05, 4.69) is 63.0 Å². The van der Waals surface area contributed by atoms with Gasteiger partial charge in [0.05, 0.1) is 11.4 Å². The molecule has 156 valence electrons. The van der Waals surface area contributed by atoms with Gasteiger partial charge in [-0.3, -0.25) is 0 Å². The number of aromatic nitrogens is 3. The fourth-order valence-corrected chi connectivity index (χ4v) is 4.46. The lowest BCUT2D eigenvalue weighted by molar-refractivity contribution is 0.512. The first-order chi connectivity index (χ1) is 14.0. The van der Waals surface area contributed by atoms with Crippen LogP contribution >= 0.6 is 0 Å². The van der Waals surface area contributed by atoms with E-state index in [-0.39, 0.29) is 0 Å². The summed E-state index contributed by atoms with van der Waals surface area (Å²) >= 11 is 0. The third-order valence-electron chi connectivity index (χ3n) is 5.95. The Labute approximate surface area is 175 Å². The highest BCUT2D eigenvalue weighted by Crippen LogP contribution is 2.29. The van der Waals surface area contributed by atoms with Gasteiger partial charge in [0.2, 0.25) is 0 Å². The van der Waals surface area contributed by atoms with Gasteiger partial charge in [-0.15, -0.1) is 0 Å². The third-order valence-corrected chi connectivity index (χ3v) is 5.95. The molecule has 2 heterocycles. The highest BCUT2D eigenvalue weighted by molar-refractivity contribution is 5.86. The molecular weight excluding hydrogens is 356 g/mol. The molecule has 0 saturated heterocycles. The predicted molar refractivity (Wildman–Crippen MR) is 125 cm³/mol. The summed E-state index contributed by atoms with van der Waals surface area (Å²) in [5.41, 5.74) is 6.95. The molecule has 2 aromatic heterocycles. The Morgan fingerprint density at radius 1 is 1.21 bits per heavy atom. The maximum Gasteiger partial charge on any atom is 0.128 e. The summed E-state index contributed by atoms with van der Waals surface area (Å²) in [4.78, 5) is 8.35. The van der Waals surface area contributed by atoms with Crippen LogP contribution in [0.25, 0.3) is 22.3 Å². The van der Waals surface area contributed by atoms with Crippen molar-refractivity contribution < 1.29 is 0 Å². The van der Waals surface area contributed by atoms with E-state index in [9.17, 15) is 0 Å². The molecule has 0 aliphatic heterocycles.